The van der Waals surface area contributed by atoms with Crippen molar-refractivity contribution < 1.29 is 14.6 Å². The van der Waals surface area contributed by atoms with Crippen LogP contribution >= 0.6 is 0 Å². The number of carboxylic acids is 1. The van der Waals surface area contributed by atoms with Gasteiger partial charge in [-0.3, -0.25) is 4.79 Å². The Bertz CT molecular complexity index is 197. The zero-order valence-electron chi connectivity index (χ0n) is 10.7. The Balaban J connectivity index is 3.73. The summed E-state index contributed by atoms with van der Waals surface area (Å²) >= 11 is 0. The second-order valence-electron chi connectivity index (χ2n) is 4.24. The number of hydrogen-bond acceptors (Lipinski definition) is 3. The van der Waals surface area contributed by atoms with Gasteiger partial charge in [0.15, 0.2) is 0 Å². The fourth-order valence-corrected chi connectivity index (χ4v) is 1.49. The van der Waals surface area contributed by atoms with Crippen LogP contribution < -0.4 is 5.32 Å². The van der Waals surface area contributed by atoms with Gasteiger partial charge in [0.2, 0.25) is 0 Å². The summed E-state index contributed by atoms with van der Waals surface area (Å²) in [5.41, 5.74) is -0.862. The van der Waals surface area contributed by atoms with E-state index in [2.05, 4.69) is 12.2 Å². The summed E-state index contributed by atoms with van der Waals surface area (Å²) in [5.74, 6) is -0.813. The van der Waals surface area contributed by atoms with Gasteiger partial charge in [-0.15, -0.1) is 0 Å². The molecule has 0 saturated heterocycles. The molecule has 16 heavy (non-hydrogen) atoms. The van der Waals surface area contributed by atoms with Crippen LogP contribution in [0.2, 0.25) is 0 Å². The lowest BCUT2D eigenvalue weighted by Crippen LogP contribution is -2.50. The first-order valence-electron chi connectivity index (χ1n) is 6.13. The molecule has 0 rings (SSSR count). The van der Waals surface area contributed by atoms with Gasteiger partial charge in [0.05, 0.1) is 0 Å². The van der Waals surface area contributed by atoms with E-state index < -0.39 is 11.5 Å². The van der Waals surface area contributed by atoms with E-state index in [1.807, 2.05) is 6.92 Å². The normalized spacial score (nSPS) is 14.7. The largest absolute Gasteiger partial charge is 0.480 e. The molecule has 4 nitrogen and oxygen atoms in total. The molecule has 0 heterocycles. The molecule has 1 unspecified atom stereocenters. The van der Waals surface area contributed by atoms with Gasteiger partial charge in [0.25, 0.3) is 0 Å². The van der Waals surface area contributed by atoms with Gasteiger partial charge in [0.1, 0.15) is 5.54 Å². The molecule has 0 radical (unpaired) electrons. The smallest absolute Gasteiger partial charge is 0.323 e. The lowest BCUT2D eigenvalue weighted by atomic mass is 9.99. The van der Waals surface area contributed by atoms with Gasteiger partial charge in [-0.1, -0.05) is 26.7 Å². The van der Waals surface area contributed by atoms with E-state index in [0.29, 0.717) is 19.6 Å². The molecular weight excluding hydrogens is 206 g/mol. The standard InChI is InChI=1S/C12H25NO3/c1-4-6-7-9-16-10-8-12(3,11(14)15)13-5-2/h13H,4-10H2,1-3H3,(H,14,15). The minimum Gasteiger partial charge on any atom is -0.480 e. The van der Waals surface area contributed by atoms with Crippen LogP contribution in [-0.2, 0) is 9.53 Å². The van der Waals surface area contributed by atoms with Crippen molar-refractivity contribution in [3.8, 4) is 0 Å². The van der Waals surface area contributed by atoms with Crippen LogP contribution in [0.15, 0.2) is 0 Å². The van der Waals surface area contributed by atoms with Crippen molar-refractivity contribution in [1.29, 1.82) is 0 Å². The highest BCUT2D eigenvalue weighted by Gasteiger charge is 2.31. The summed E-state index contributed by atoms with van der Waals surface area (Å²) in [7, 11) is 0. The molecule has 0 aromatic rings. The second-order valence-corrected chi connectivity index (χ2v) is 4.24. The van der Waals surface area contributed by atoms with Gasteiger partial charge >= 0.3 is 5.97 Å². The molecule has 0 amide bonds. The SMILES string of the molecule is CCCCCOCCC(C)(NCC)C(=O)O. The summed E-state index contributed by atoms with van der Waals surface area (Å²) in [6, 6.07) is 0. The molecule has 0 aliphatic carbocycles. The Morgan fingerprint density at radius 1 is 1.31 bits per heavy atom. The molecular formula is C12H25NO3. The molecule has 0 saturated carbocycles. The number of unbranched alkanes of at least 4 members (excludes halogenated alkanes) is 2. The summed E-state index contributed by atoms with van der Waals surface area (Å²) < 4.78 is 5.42. The van der Waals surface area contributed by atoms with Gasteiger partial charge in [-0.05, 0) is 26.3 Å². The minimum absolute atomic E-state index is 0.500. The topological polar surface area (TPSA) is 58.6 Å². The van der Waals surface area contributed by atoms with E-state index in [1.54, 1.807) is 6.92 Å². The number of nitrogens with one attached hydrogen (secondary N) is 1. The number of carboxylic acid groups (broad SMARTS) is 1. The molecule has 0 aromatic carbocycles. The fourth-order valence-electron chi connectivity index (χ4n) is 1.49. The van der Waals surface area contributed by atoms with E-state index in [-0.39, 0.29) is 0 Å². The highest BCUT2D eigenvalue weighted by Crippen LogP contribution is 2.10. The monoisotopic (exact) mass is 231 g/mol. The summed E-state index contributed by atoms with van der Waals surface area (Å²) in [5, 5.41) is 12.1. The molecule has 96 valence electrons. The number of hydrogen-bond donors (Lipinski definition) is 2. The first-order chi connectivity index (χ1) is 7.56. The van der Waals surface area contributed by atoms with E-state index >= 15 is 0 Å². The van der Waals surface area contributed by atoms with Crippen LogP contribution in [0.4, 0.5) is 0 Å². The van der Waals surface area contributed by atoms with Crippen molar-refractivity contribution in [2.45, 2.75) is 52.0 Å². The summed E-state index contributed by atoms with van der Waals surface area (Å²) in [4.78, 5) is 11.1. The van der Waals surface area contributed by atoms with E-state index in [9.17, 15) is 4.79 Å². The zero-order chi connectivity index (χ0) is 12.4. The Labute approximate surface area is 98.4 Å². The molecule has 0 bridgehead atoms. The van der Waals surface area contributed by atoms with E-state index in [0.717, 1.165) is 13.0 Å². The van der Waals surface area contributed by atoms with Crippen molar-refractivity contribution in [1.82, 2.24) is 5.32 Å². The number of carbonyl (C=O) groups is 1. The lowest BCUT2D eigenvalue weighted by molar-refractivity contribution is -0.145. The number of rotatable bonds is 10. The first kappa shape index (κ1) is 15.4. The average molecular weight is 231 g/mol. The molecule has 4 heteroatoms. The van der Waals surface area contributed by atoms with Crippen molar-refractivity contribution in [3.05, 3.63) is 0 Å². The number of ether oxygens (including phenoxy) is 1. The Morgan fingerprint density at radius 3 is 2.50 bits per heavy atom. The fraction of sp³-hybridized carbons (Fsp3) is 0.917. The molecule has 2 N–H and O–H groups in total. The van der Waals surface area contributed by atoms with Crippen molar-refractivity contribution >= 4 is 5.97 Å². The maximum absolute atomic E-state index is 11.1. The summed E-state index contributed by atoms with van der Waals surface area (Å²) in [6.07, 6.45) is 3.90. The van der Waals surface area contributed by atoms with Crippen LogP contribution in [-0.4, -0.2) is 36.4 Å². The Kier molecular flexibility index (Phi) is 8.21. The Morgan fingerprint density at radius 2 is 2.00 bits per heavy atom. The van der Waals surface area contributed by atoms with E-state index in [4.69, 9.17) is 9.84 Å². The maximum atomic E-state index is 11.1. The highest BCUT2D eigenvalue weighted by molar-refractivity contribution is 5.78. The first-order valence-corrected chi connectivity index (χ1v) is 6.13. The predicted octanol–water partition coefficient (Wildman–Crippen LogP) is 2.04. The third-order valence-electron chi connectivity index (χ3n) is 2.68. The molecule has 0 aliphatic rings. The minimum atomic E-state index is -0.862. The molecule has 0 aromatic heterocycles. The van der Waals surface area contributed by atoms with Crippen molar-refractivity contribution in [2.75, 3.05) is 19.8 Å². The lowest BCUT2D eigenvalue weighted by Gasteiger charge is -2.25. The van der Waals surface area contributed by atoms with Crippen molar-refractivity contribution in [3.63, 3.8) is 0 Å². The second kappa shape index (κ2) is 8.53. The van der Waals surface area contributed by atoms with Crippen LogP contribution in [0.5, 0.6) is 0 Å². The van der Waals surface area contributed by atoms with Gasteiger partial charge < -0.3 is 15.2 Å². The number of likely N-dealkylation sites (N-methyl/N-ethyl adjacent to an activating group) is 1. The molecule has 0 spiro atoms. The highest BCUT2D eigenvalue weighted by atomic mass is 16.5. The van der Waals surface area contributed by atoms with Crippen LogP contribution in [0, 0.1) is 0 Å². The average Bonchev–Trinajstić information content (AvgIpc) is 2.23. The molecule has 1 atom stereocenters. The summed E-state index contributed by atoms with van der Waals surface area (Å²) in [6.45, 7) is 7.64. The van der Waals surface area contributed by atoms with Crippen LogP contribution in [0.3, 0.4) is 0 Å². The quantitative estimate of drug-likeness (QED) is 0.565. The maximum Gasteiger partial charge on any atom is 0.323 e. The predicted molar refractivity (Wildman–Crippen MR) is 64.7 cm³/mol. The molecule has 0 aliphatic heterocycles. The van der Waals surface area contributed by atoms with Gasteiger partial charge in [-0.25, -0.2) is 0 Å². The Hall–Kier alpha value is -0.610. The van der Waals surface area contributed by atoms with Crippen LogP contribution in [0.1, 0.15) is 46.5 Å². The van der Waals surface area contributed by atoms with Crippen LogP contribution in [0.25, 0.3) is 0 Å². The zero-order valence-corrected chi connectivity index (χ0v) is 10.7. The molecule has 0 fully saturated rings. The van der Waals surface area contributed by atoms with Crippen molar-refractivity contribution in [2.24, 2.45) is 0 Å². The number of aliphatic carboxylic acids is 1. The van der Waals surface area contributed by atoms with E-state index in [1.165, 1.54) is 12.8 Å². The third kappa shape index (κ3) is 6.08. The van der Waals surface area contributed by atoms with Gasteiger partial charge in [0, 0.05) is 13.2 Å². The third-order valence-corrected chi connectivity index (χ3v) is 2.68. The van der Waals surface area contributed by atoms with Gasteiger partial charge in [-0.2, -0.15) is 0 Å².